The quantitative estimate of drug-likeness (QED) is 0.673. The fraction of sp³-hybridized carbons (Fsp3) is 0.769. The van der Waals surface area contributed by atoms with Gasteiger partial charge in [-0.15, -0.1) is 0 Å². The molecule has 0 amide bonds. The van der Waals surface area contributed by atoms with Gasteiger partial charge in [0.15, 0.2) is 5.89 Å². The topological polar surface area (TPSA) is 47.3 Å². The first-order valence-electron chi connectivity index (χ1n) is 6.42. The number of oxazole rings is 1. The van der Waals surface area contributed by atoms with E-state index in [9.17, 15) is 0 Å². The van der Waals surface area contributed by atoms with Crippen molar-refractivity contribution in [1.29, 1.82) is 0 Å². The molecule has 1 aromatic heterocycles. The van der Waals surface area contributed by atoms with Gasteiger partial charge in [-0.3, -0.25) is 0 Å². The Kier molecular flexibility index (Phi) is 6.89. The van der Waals surface area contributed by atoms with E-state index in [4.69, 9.17) is 9.15 Å². The fourth-order valence-corrected chi connectivity index (χ4v) is 1.74. The third-order valence-corrected chi connectivity index (χ3v) is 2.78. The number of ether oxygens (including phenoxy) is 1. The van der Waals surface area contributed by atoms with Crippen LogP contribution in [0.2, 0.25) is 0 Å². The first-order chi connectivity index (χ1) is 8.27. The van der Waals surface area contributed by atoms with Crippen molar-refractivity contribution >= 4 is 0 Å². The molecular weight excluding hydrogens is 216 g/mol. The molecule has 98 valence electrons. The van der Waals surface area contributed by atoms with Gasteiger partial charge in [-0.05, 0) is 6.42 Å². The zero-order chi connectivity index (χ0) is 12.5. The van der Waals surface area contributed by atoms with Gasteiger partial charge in [0.25, 0.3) is 0 Å². The Hall–Kier alpha value is -0.870. The Labute approximate surface area is 104 Å². The van der Waals surface area contributed by atoms with Gasteiger partial charge in [0.1, 0.15) is 5.76 Å². The summed E-state index contributed by atoms with van der Waals surface area (Å²) in [5, 5.41) is 3.27. The Bertz CT molecular complexity index is 299. The second-order valence-electron chi connectivity index (χ2n) is 4.34. The lowest BCUT2D eigenvalue weighted by Crippen LogP contribution is -2.21. The summed E-state index contributed by atoms with van der Waals surface area (Å²) in [6.07, 6.45) is 5.03. The standard InChI is InChI=1S/C13H24N2O2/c1-4-5-11(2)12-10-15-13(17-12)6-7-14-8-9-16-3/h10-11,14H,4-9H2,1-3H3. The van der Waals surface area contributed by atoms with Crippen molar-refractivity contribution in [2.75, 3.05) is 26.8 Å². The van der Waals surface area contributed by atoms with E-state index in [1.807, 2.05) is 6.20 Å². The van der Waals surface area contributed by atoms with Gasteiger partial charge in [0.2, 0.25) is 0 Å². The fourth-order valence-electron chi connectivity index (χ4n) is 1.74. The van der Waals surface area contributed by atoms with Crippen molar-refractivity contribution < 1.29 is 9.15 Å². The number of nitrogens with one attached hydrogen (secondary N) is 1. The van der Waals surface area contributed by atoms with Crippen molar-refractivity contribution in [1.82, 2.24) is 10.3 Å². The molecule has 1 aromatic rings. The summed E-state index contributed by atoms with van der Waals surface area (Å²) < 4.78 is 10.7. The molecule has 17 heavy (non-hydrogen) atoms. The van der Waals surface area contributed by atoms with Crippen LogP contribution in [0.25, 0.3) is 0 Å². The van der Waals surface area contributed by atoms with Crippen LogP contribution in [0, 0.1) is 0 Å². The van der Waals surface area contributed by atoms with Gasteiger partial charge < -0.3 is 14.5 Å². The number of rotatable bonds is 9. The molecule has 0 fully saturated rings. The Morgan fingerprint density at radius 2 is 2.29 bits per heavy atom. The lowest BCUT2D eigenvalue weighted by atomic mass is 10.0. The van der Waals surface area contributed by atoms with E-state index in [1.54, 1.807) is 7.11 Å². The van der Waals surface area contributed by atoms with E-state index >= 15 is 0 Å². The zero-order valence-corrected chi connectivity index (χ0v) is 11.2. The van der Waals surface area contributed by atoms with E-state index in [0.29, 0.717) is 5.92 Å². The smallest absolute Gasteiger partial charge is 0.195 e. The predicted molar refractivity (Wildman–Crippen MR) is 68.3 cm³/mol. The van der Waals surface area contributed by atoms with Crippen LogP contribution in [-0.4, -0.2) is 31.8 Å². The van der Waals surface area contributed by atoms with Crippen LogP contribution in [-0.2, 0) is 11.2 Å². The van der Waals surface area contributed by atoms with Gasteiger partial charge in [-0.1, -0.05) is 20.3 Å². The third-order valence-electron chi connectivity index (χ3n) is 2.78. The second kappa shape index (κ2) is 8.25. The van der Waals surface area contributed by atoms with Gasteiger partial charge in [-0.25, -0.2) is 4.98 Å². The maximum atomic E-state index is 5.72. The molecule has 1 N–H and O–H groups in total. The molecule has 4 heteroatoms. The summed E-state index contributed by atoms with van der Waals surface area (Å²) in [4.78, 5) is 4.30. The lowest BCUT2D eigenvalue weighted by Gasteiger charge is -2.04. The molecule has 0 saturated heterocycles. The molecule has 1 unspecified atom stereocenters. The van der Waals surface area contributed by atoms with E-state index < -0.39 is 0 Å². The van der Waals surface area contributed by atoms with Crippen LogP contribution < -0.4 is 5.32 Å². The number of hydrogen-bond acceptors (Lipinski definition) is 4. The third kappa shape index (κ3) is 5.33. The van der Waals surface area contributed by atoms with Crippen molar-refractivity contribution in [3.8, 4) is 0 Å². The highest BCUT2D eigenvalue weighted by molar-refractivity contribution is 5.00. The largest absolute Gasteiger partial charge is 0.445 e. The molecule has 0 aliphatic rings. The minimum atomic E-state index is 0.475. The zero-order valence-electron chi connectivity index (χ0n) is 11.2. The SMILES string of the molecule is CCCC(C)c1cnc(CCNCCOC)o1. The molecule has 1 rings (SSSR count). The number of methoxy groups -OCH3 is 1. The molecule has 0 bridgehead atoms. The van der Waals surface area contributed by atoms with Crippen LogP contribution in [0.4, 0.5) is 0 Å². The lowest BCUT2D eigenvalue weighted by molar-refractivity contribution is 0.199. The molecule has 0 aliphatic heterocycles. The summed E-state index contributed by atoms with van der Waals surface area (Å²) in [6.45, 7) is 6.87. The van der Waals surface area contributed by atoms with Crippen molar-refractivity contribution in [2.45, 2.75) is 39.0 Å². The van der Waals surface area contributed by atoms with Gasteiger partial charge >= 0.3 is 0 Å². The first-order valence-corrected chi connectivity index (χ1v) is 6.42. The summed E-state index contributed by atoms with van der Waals surface area (Å²) >= 11 is 0. The molecule has 0 aliphatic carbocycles. The second-order valence-corrected chi connectivity index (χ2v) is 4.34. The summed E-state index contributed by atoms with van der Waals surface area (Å²) in [5.74, 6) is 2.31. The average molecular weight is 240 g/mol. The maximum absolute atomic E-state index is 5.72. The average Bonchev–Trinajstić information content (AvgIpc) is 2.78. The minimum Gasteiger partial charge on any atom is -0.445 e. The predicted octanol–water partition coefficient (Wildman–Crippen LogP) is 2.36. The number of nitrogens with zero attached hydrogens (tertiary/aromatic N) is 1. The van der Waals surface area contributed by atoms with E-state index in [0.717, 1.165) is 44.2 Å². The summed E-state index contributed by atoms with van der Waals surface area (Å²) in [7, 11) is 1.71. The van der Waals surface area contributed by atoms with Crippen molar-refractivity contribution in [3.05, 3.63) is 17.8 Å². The van der Waals surface area contributed by atoms with Crippen LogP contribution in [0.15, 0.2) is 10.6 Å². The molecule has 0 aromatic carbocycles. The molecule has 1 heterocycles. The van der Waals surface area contributed by atoms with E-state index in [-0.39, 0.29) is 0 Å². The van der Waals surface area contributed by atoms with Crippen molar-refractivity contribution in [3.63, 3.8) is 0 Å². The summed E-state index contributed by atoms with van der Waals surface area (Å²) in [6, 6.07) is 0. The highest BCUT2D eigenvalue weighted by Gasteiger charge is 2.10. The van der Waals surface area contributed by atoms with Crippen LogP contribution in [0.3, 0.4) is 0 Å². The highest BCUT2D eigenvalue weighted by Crippen LogP contribution is 2.21. The normalized spacial score (nSPS) is 12.9. The number of hydrogen-bond donors (Lipinski definition) is 1. The van der Waals surface area contributed by atoms with Crippen LogP contribution in [0.1, 0.15) is 44.3 Å². The van der Waals surface area contributed by atoms with Crippen LogP contribution in [0.5, 0.6) is 0 Å². The number of aromatic nitrogens is 1. The molecular formula is C13H24N2O2. The van der Waals surface area contributed by atoms with Gasteiger partial charge in [0, 0.05) is 32.5 Å². The van der Waals surface area contributed by atoms with Gasteiger partial charge in [-0.2, -0.15) is 0 Å². The molecule has 4 nitrogen and oxygen atoms in total. The molecule has 0 spiro atoms. The van der Waals surface area contributed by atoms with Gasteiger partial charge in [0.05, 0.1) is 12.8 Å². The minimum absolute atomic E-state index is 0.475. The molecule has 0 radical (unpaired) electrons. The Morgan fingerprint density at radius 1 is 1.47 bits per heavy atom. The maximum Gasteiger partial charge on any atom is 0.195 e. The highest BCUT2D eigenvalue weighted by atomic mass is 16.5. The monoisotopic (exact) mass is 240 g/mol. The summed E-state index contributed by atoms with van der Waals surface area (Å²) in [5.41, 5.74) is 0. The molecule has 1 atom stereocenters. The van der Waals surface area contributed by atoms with Crippen molar-refractivity contribution in [2.24, 2.45) is 0 Å². The van der Waals surface area contributed by atoms with E-state index in [1.165, 1.54) is 6.42 Å². The van der Waals surface area contributed by atoms with Crippen LogP contribution >= 0.6 is 0 Å². The van der Waals surface area contributed by atoms with E-state index in [2.05, 4.69) is 24.1 Å². The molecule has 0 saturated carbocycles. The first kappa shape index (κ1) is 14.2. The Balaban J connectivity index is 2.25. The Morgan fingerprint density at radius 3 is 3.00 bits per heavy atom.